The number of hydrogen-bond acceptors (Lipinski definition) is 3. The molecular weight excluding hydrogens is 484 g/mol. The van der Waals surface area contributed by atoms with Crippen LogP contribution < -0.4 is 10.6 Å². The zero-order valence-corrected chi connectivity index (χ0v) is 18.7. The summed E-state index contributed by atoms with van der Waals surface area (Å²) in [5.41, 5.74) is 0.0939. The molecule has 0 saturated heterocycles. The van der Waals surface area contributed by atoms with Crippen molar-refractivity contribution in [1.82, 2.24) is 15.5 Å². The van der Waals surface area contributed by atoms with E-state index in [1.54, 1.807) is 7.11 Å². The maximum Gasteiger partial charge on any atom is 0.416 e. The number of ether oxygens (including phenoxy) is 1. The molecule has 0 radical (unpaired) electrons. The van der Waals surface area contributed by atoms with Gasteiger partial charge in [-0.15, -0.1) is 24.0 Å². The van der Waals surface area contributed by atoms with Crippen molar-refractivity contribution in [2.45, 2.75) is 38.5 Å². The molecule has 28 heavy (non-hydrogen) atoms. The van der Waals surface area contributed by atoms with Crippen LogP contribution in [0.25, 0.3) is 0 Å². The second-order valence-corrected chi connectivity index (χ2v) is 6.58. The van der Waals surface area contributed by atoms with Crippen molar-refractivity contribution in [1.29, 1.82) is 0 Å². The lowest BCUT2D eigenvalue weighted by molar-refractivity contribution is -0.137. The summed E-state index contributed by atoms with van der Waals surface area (Å²) in [5.74, 6) is 0.667. The van der Waals surface area contributed by atoms with E-state index in [9.17, 15) is 13.2 Å². The Bertz CT molecular complexity index is 592. The number of nitrogens with zero attached hydrogens (tertiary/aromatic N) is 2. The molecule has 5 nitrogen and oxygen atoms in total. The van der Waals surface area contributed by atoms with Crippen LogP contribution in [0.3, 0.4) is 0 Å². The highest BCUT2D eigenvalue weighted by molar-refractivity contribution is 14.0. The number of rotatable bonds is 10. The standard InChI is InChI=1S/C19H29F3N4O.HI/c1-3-23-18(24-10-11-26(12-13-27-2)17-8-9-17)25-14-15-4-6-16(7-5-15)19(20,21)22;/h4-7,17H,3,8-14H2,1-2H3,(H2,23,24,25);1H. The Morgan fingerprint density at radius 2 is 1.86 bits per heavy atom. The number of nitrogens with one attached hydrogen (secondary N) is 2. The van der Waals surface area contributed by atoms with Gasteiger partial charge in [-0.1, -0.05) is 12.1 Å². The number of halogens is 4. The van der Waals surface area contributed by atoms with Crippen LogP contribution in [-0.2, 0) is 17.5 Å². The van der Waals surface area contributed by atoms with Gasteiger partial charge in [-0.2, -0.15) is 13.2 Å². The van der Waals surface area contributed by atoms with Crippen molar-refractivity contribution in [3.05, 3.63) is 35.4 Å². The summed E-state index contributed by atoms with van der Waals surface area (Å²) in [4.78, 5) is 6.88. The van der Waals surface area contributed by atoms with E-state index in [0.717, 1.165) is 50.5 Å². The van der Waals surface area contributed by atoms with Gasteiger partial charge in [0.05, 0.1) is 18.7 Å². The van der Waals surface area contributed by atoms with Crippen molar-refractivity contribution in [2.75, 3.05) is 39.9 Å². The van der Waals surface area contributed by atoms with E-state index in [-0.39, 0.29) is 24.0 Å². The normalized spacial score (nSPS) is 14.7. The van der Waals surface area contributed by atoms with Crippen LogP contribution in [0.4, 0.5) is 13.2 Å². The SMILES string of the molecule is CCNC(=NCc1ccc(C(F)(F)F)cc1)NCCN(CCOC)C1CC1.I. The minimum atomic E-state index is -4.31. The van der Waals surface area contributed by atoms with Crippen LogP contribution in [0.5, 0.6) is 0 Å². The zero-order chi connectivity index (χ0) is 19.7. The van der Waals surface area contributed by atoms with Gasteiger partial charge in [0, 0.05) is 39.3 Å². The summed E-state index contributed by atoms with van der Waals surface area (Å²) in [6.45, 7) is 6.31. The van der Waals surface area contributed by atoms with Gasteiger partial charge in [0.15, 0.2) is 5.96 Å². The molecular formula is C19H30F3IN4O. The lowest BCUT2D eigenvalue weighted by Crippen LogP contribution is -2.42. The van der Waals surface area contributed by atoms with Gasteiger partial charge < -0.3 is 15.4 Å². The van der Waals surface area contributed by atoms with Crippen LogP contribution in [0.15, 0.2) is 29.3 Å². The Labute approximate surface area is 182 Å². The van der Waals surface area contributed by atoms with Crippen LogP contribution >= 0.6 is 24.0 Å². The highest BCUT2D eigenvalue weighted by Gasteiger charge is 2.30. The lowest BCUT2D eigenvalue weighted by Gasteiger charge is -2.22. The molecule has 1 aromatic rings. The van der Waals surface area contributed by atoms with Crippen molar-refractivity contribution in [3.63, 3.8) is 0 Å². The molecule has 0 bridgehead atoms. The molecule has 1 aliphatic carbocycles. The molecule has 160 valence electrons. The van der Waals surface area contributed by atoms with Gasteiger partial charge in [-0.25, -0.2) is 4.99 Å². The predicted octanol–water partition coefficient (Wildman–Crippen LogP) is 3.49. The minimum absolute atomic E-state index is 0. The molecule has 1 aromatic carbocycles. The highest BCUT2D eigenvalue weighted by Crippen LogP contribution is 2.29. The van der Waals surface area contributed by atoms with Gasteiger partial charge in [0.1, 0.15) is 0 Å². The smallest absolute Gasteiger partial charge is 0.383 e. The van der Waals surface area contributed by atoms with Crippen molar-refractivity contribution >= 4 is 29.9 Å². The maximum atomic E-state index is 12.6. The average Bonchev–Trinajstić information content (AvgIpc) is 3.47. The second kappa shape index (κ2) is 12.5. The van der Waals surface area contributed by atoms with Crippen molar-refractivity contribution in [2.24, 2.45) is 4.99 Å². The van der Waals surface area contributed by atoms with Gasteiger partial charge in [0.25, 0.3) is 0 Å². The van der Waals surface area contributed by atoms with Crippen molar-refractivity contribution < 1.29 is 17.9 Å². The molecule has 0 aliphatic heterocycles. The fraction of sp³-hybridized carbons (Fsp3) is 0.632. The highest BCUT2D eigenvalue weighted by atomic mass is 127. The molecule has 1 saturated carbocycles. The topological polar surface area (TPSA) is 48.9 Å². The summed E-state index contributed by atoms with van der Waals surface area (Å²) in [5, 5.41) is 6.46. The van der Waals surface area contributed by atoms with E-state index in [2.05, 4.69) is 20.5 Å². The molecule has 0 heterocycles. The first-order chi connectivity index (χ1) is 12.9. The molecule has 0 unspecified atom stereocenters. The minimum Gasteiger partial charge on any atom is -0.383 e. The first-order valence-electron chi connectivity index (χ1n) is 9.35. The Hall–Kier alpha value is -1.07. The fourth-order valence-corrected chi connectivity index (χ4v) is 2.75. The summed E-state index contributed by atoms with van der Waals surface area (Å²) < 4.78 is 43.0. The first-order valence-corrected chi connectivity index (χ1v) is 9.35. The maximum absolute atomic E-state index is 12.6. The second-order valence-electron chi connectivity index (χ2n) is 6.58. The molecule has 1 fully saturated rings. The summed E-state index contributed by atoms with van der Waals surface area (Å²) in [7, 11) is 1.71. The van der Waals surface area contributed by atoms with Crippen LogP contribution in [0.2, 0.25) is 0 Å². The molecule has 0 amide bonds. The number of hydrogen-bond donors (Lipinski definition) is 2. The fourth-order valence-electron chi connectivity index (χ4n) is 2.75. The van der Waals surface area contributed by atoms with E-state index in [1.807, 2.05) is 6.92 Å². The largest absolute Gasteiger partial charge is 0.416 e. The third kappa shape index (κ3) is 8.95. The van der Waals surface area contributed by atoms with Gasteiger partial charge >= 0.3 is 6.18 Å². The van der Waals surface area contributed by atoms with Crippen LogP contribution in [0.1, 0.15) is 30.9 Å². The number of benzene rings is 1. The first kappa shape index (κ1) is 25.0. The Morgan fingerprint density at radius 3 is 2.39 bits per heavy atom. The Kier molecular flexibility index (Phi) is 11.1. The molecule has 0 spiro atoms. The molecule has 2 N–H and O–H groups in total. The third-order valence-electron chi connectivity index (χ3n) is 4.38. The number of methoxy groups -OCH3 is 1. The molecule has 0 aromatic heterocycles. The quantitative estimate of drug-likeness (QED) is 0.285. The summed E-state index contributed by atoms with van der Waals surface area (Å²) in [6.07, 6.45) is -1.83. The monoisotopic (exact) mass is 514 g/mol. The molecule has 1 aliphatic rings. The van der Waals surface area contributed by atoms with E-state index in [0.29, 0.717) is 18.5 Å². The van der Waals surface area contributed by atoms with E-state index < -0.39 is 11.7 Å². The third-order valence-corrected chi connectivity index (χ3v) is 4.38. The van der Waals surface area contributed by atoms with Gasteiger partial charge in [-0.05, 0) is 37.5 Å². The van der Waals surface area contributed by atoms with E-state index in [1.165, 1.54) is 25.0 Å². The van der Waals surface area contributed by atoms with Gasteiger partial charge in [-0.3, -0.25) is 4.90 Å². The molecule has 9 heteroatoms. The van der Waals surface area contributed by atoms with E-state index in [4.69, 9.17) is 4.74 Å². The Morgan fingerprint density at radius 1 is 1.18 bits per heavy atom. The van der Waals surface area contributed by atoms with E-state index >= 15 is 0 Å². The number of guanidine groups is 1. The molecule has 2 rings (SSSR count). The predicted molar refractivity (Wildman–Crippen MR) is 116 cm³/mol. The lowest BCUT2D eigenvalue weighted by atomic mass is 10.1. The van der Waals surface area contributed by atoms with Gasteiger partial charge in [0.2, 0.25) is 0 Å². The number of aliphatic imine (C=N–C) groups is 1. The van der Waals surface area contributed by atoms with Crippen LogP contribution in [-0.4, -0.2) is 56.8 Å². The van der Waals surface area contributed by atoms with Crippen molar-refractivity contribution in [3.8, 4) is 0 Å². The summed E-state index contributed by atoms with van der Waals surface area (Å²) >= 11 is 0. The molecule has 0 atom stereocenters. The summed E-state index contributed by atoms with van der Waals surface area (Å²) in [6, 6.07) is 5.78. The zero-order valence-electron chi connectivity index (χ0n) is 16.4. The Balaban J connectivity index is 0.00000392. The number of alkyl halides is 3. The average molecular weight is 514 g/mol. The van der Waals surface area contributed by atoms with Crippen LogP contribution in [0, 0.1) is 0 Å².